The molecule has 3 aromatic rings. The number of nitrogens with zero attached hydrogens (tertiary/aromatic N) is 4. The summed E-state index contributed by atoms with van der Waals surface area (Å²) in [5, 5.41) is 11.9. The summed E-state index contributed by atoms with van der Waals surface area (Å²) in [6, 6.07) is 3.53. The number of hydrogen-bond acceptors (Lipinski definition) is 3. The first-order valence-corrected chi connectivity index (χ1v) is 10.2. The third-order valence-electron chi connectivity index (χ3n) is 5.84. The second-order valence-electron chi connectivity index (χ2n) is 7.88. The molecule has 1 aromatic carbocycles. The van der Waals surface area contributed by atoms with Crippen molar-refractivity contribution in [2.45, 2.75) is 40.2 Å². The number of H-pyrrole nitrogens is 1. The first kappa shape index (κ1) is 19.6. The lowest BCUT2D eigenvalue weighted by Crippen LogP contribution is -2.36. The molecule has 29 heavy (non-hydrogen) atoms. The number of allylic oxidation sites excluding steroid dienone is 1. The van der Waals surface area contributed by atoms with Crippen molar-refractivity contribution in [3.8, 4) is 11.3 Å². The standard InChI is InChI=1S/C23H28FN5/c1-5-21-19(23(27-26-21)18-12-25-28(4)13-18)11-15(2)22-16(3)17(7-8-20(22)24)14-29-9-6-10-29/h7-8,11-13H,5-6,9-10,14H2,1-4H3,(H,26,27)/b15-11+. The summed E-state index contributed by atoms with van der Waals surface area (Å²) >= 11 is 0. The van der Waals surface area contributed by atoms with Crippen LogP contribution in [0.3, 0.4) is 0 Å². The third-order valence-corrected chi connectivity index (χ3v) is 5.84. The predicted octanol–water partition coefficient (Wildman–Crippen LogP) is 4.59. The lowest BCUT2D eigenvalue weighted by atomic mass is 9.93. The Bertz CT molecular complexity index is 1060. The molecule has 0 amide bonds. The maximum absolute atomic E-state index is 14.9. The van der Waals surface area contributed by atoms with Crippen LogP contribution in [0.2, 0.25) is 0 Å². The van der Waals surface area contributed by atoms with Gasteiger partial charge in [0.1, 0.15) is 11.5 Å². The molecule has 0 radical (unpaired) electrons. The minimum Gasteiger partial charge on any atom is -0.299 e. The van der Waals surface area contributed by atoms with Crippen LogP contribution < -0.4 is 0 Å². The van der Waals surface area contributed by atoms with Gasteiger partial charge in [-0.15, -0.1) is 0 Å². The molecule has 0 bridgehead atoms. The minimum atomic E-state index is -0.173. The van der Waals surface area contributed by atoms with Crippen LogP contribution in [0.4, 0.5) is 4.39 Å². The number of likely N-dealkylation sites (tertiary alicyclic amines) is 1. The van der Waals surface area contributed by atoms with E-state index in [-0.39, 0.29) is 5.82 Å². The summed E-state index contributed by atoms with van der Waals surface area (Å²) in [6.45, 7) is 9.25. The number of aromatic amines is 1. The van der Waals surface area contributed by atoms with Gasteiger partial charge >= 0.3 is 0 Å². The SMILES string of the molecule is CCc1[nH]nc(-c2cnn(C)c2)c1/C=C(\C)c1c(F)ccc(CN2CCC2)c1C. The van der Waals surface area contributed by atoms with Gasteiger partial charge in [0.15, 0.2) is 0 Å². The van der Waals surface area contributed by atoms with E-state index in [0.717, 1.165) is 59.7 Å². The molecule has 0 atom stereocenters. The average Bonchev–Trinajstić information content (AvgIpc) is 3.25. The topological polar surface area (TPSA) is 49.7 Å². The van der Waals surface area contributed by atoms with Crippen molar-refractivity contribution < 1.29 is 4.39 Å². The van der Waals surface area contributed by atoms with Gasteiger partial charge in [-0.2, -0.15) is 10.2 Å². The van der Waals surface area contributed by atoms with Crippen molar-refractivity contribution in [3.63, 3.8) is 0 Å². The van der Waals surface area contributed by atoms with Crippen LogP contribution in [0.5, 0.6) is 0 Å². The van der Waals surface area contributed by atoms with Crippen molar-refractivity contribution in [1.82, 2.24) is 24.9 Å². The van der Waals surface area contributed by atoms with E-state index in [1.807, 2.05) is 39.4 Å². The number of hydrogen-bond donors (Lipinski definition) is 1. The van der Waals surface area contributed by atoms with Gasteiger partial charge < -0.3 is 0 Å². The zero-order chi connectivity index (χ0) is 20.5. The molecule has 1 aliphatic heterocycles. The maximum atomic E-state index is 14.9. The summed E-state index contributed by atoms with van der Waals surface area (Å²) in [7, 11) is 1.89. The van der Waals surface area contributed by atoms with Crippen molar-refractivity contribution in [2.24, 2.45) is 7.05 Å². The summed E-state index contributed by atoms with van der Waals surface area (Å²) < 4.78 is 16.6. The number of rotatable bonds is 6. The largest absolute Gasteiger partial charge is 0.299 e. The van der Waals surface area contributed by atoms with Crippen LogP contribution in [0, 0.1) is 12.7 Å². The molecule has 1 N–H and O–H groups in total. The van der Waals surface area contributed by atoms with Gasteiger partial charge in [-0.1, -0.05) is 13.0 Å². The fourth-order valence-electron chi connectivity index (χ4n) is 4.02. The number of aryl methyl sites for hydroxylation is 2. The van der Waals surface area contributed by atoms with Crippen LogP contribution in [0.1, 0.15) is 48.2 Å². The van der Waals surface area contributed by atoms with E-state index in [9.17, 15) is 4.39 Å². The molecule has 152 valence electrons. The van der Waals surface area contributed by atoms with E-state index in [4.69, 9.17) is 0 Å². The highest BCUT2D eigenvalue weighted by Gasteiger charge is 2.19. The van der Waals surface area contributed by atoms with Gasteiger partial charge in [0.2, 0.25) is 0 Å². The fraction of sp³-hybridized carbons (Fsp3) is 0.391. The number of aromatic nitrogens is 4. The molecule has 1 aliphatic rings. The zero-order valence-corrected chi connectivity index (χ0v) is 17.6. The van der Waals surface area contributed by atoms with Gasteiger partial charge in [0.25, 0.3) is 0 Å². The molecule has 2 aromatic heterocycles. The Morgan fingerprint density at radius 1 is 1.31 bits per heavy atom. The zero-order valence-electron chi connectivity index (χ0n) is 17.6. The lowest BCUT2D eigenvalue weighted by molar-refractivity contribution is 0.172. The highest BCUT2D eigenvalue weighted by atomic mass is 19.1. The summed E-state index contributed by atoms with van der Waals surface area (Å²) in [5.74, 6) is -0.173. The molecule has 3 heterocycles. The quantitative estimate of drug-likeness (QED) is 0.667. The van der Waals surface area contributed by atoms with Gasteiger partial charge in [-0.3, -0.25) is 14.7 Å². The van der Waals surface area contributed by atoms with Gasteiger partial charge in [-0.25, -0.2) is 4.39 Å². The van der Waals surface area contributed by atoms with Crippen LogP contribution in [-0.2, 0) is 20.0 Å². The maximum Gasteiger partial charge on any atom is 0.130 e. The molecule has 1 saturated heterocycles. The third kappa shape index (κ3) is 3.77. The average molecular weight is 394 g/mol. The number of halogens is 1. The lowest BCUT2D eigenvalue weighted by Gasteiger charge is -2.31. The Morgan fingerprint density at radius 2 is 2.10 bits per heavy atom. The fourth-order valence-corrected chi connectivity index (χ4v) is 4.02. The molecule has 0 spiro atoms. The second-order valence-corrected chi connectivity index (χ2v) is 7.88. The first-order valence-electron chi connectivity index (χ1n) is 10.2. The number of nitrogens with one attached hydrogen (secondary N) is 1. The number of benzene rings is 1. The van der Waals surface area contributed by atoms with E-state index >= 15 is 0 Å². The smallest absolute Gasteiger partial charge is 0.130 e. The molecule has 1 fully saturated rings. The van der Waals surface area contributed by atoms with Crippen LogP contribution in [0.15, 0.2) is 24.5 Å². The first-order chi connectivity index (χ1) is 14.0. The monoisotopic (exact) mass is 393 g/mol. The van der Waals surface area contributed by atoms with Crippen molar-refractivity contribution in [1.29, 1.82) is 0 Å². The van der Waals surface area contributed by atoms with Crippen LogP contribution in [-0.4, -0.2) is 38.0 Å². The Morgan fingerprint density at radius 3 is 2.72 bits per heavy atom. The molecule has 4 rings (SSSR count). The predicted molar refractivity (Wildman–Crippen MR) is 115 cm³/mol. The molecule has 5 nitrogen and oxygen atoms in total. The van der Waals surface area contributed by atoms with Gasteiger partial charge in [0, 0.05) is 42.2 Å². The van der Waals surface area contributed by atoms with E-state index in [2.05, 4.69) is 33.2 Å². The minimum absolute atomic E-state index is 0.173. The van der Waals surface area contributed by atoms with Crippen LogP contribution in [0.25, 0.3) is 22.9 Å². The van der Waals surface area contributed by atoms with E-state index in [1.165, 1.54) is 12.0 Å². The summed E-state index contributed by atoms with van der Waals surface area (Å²) in [5.41, 5.74) is 7.67. The van der Waals surface area contributed by atoms with Crippen molar-refractivity contribution >= 4 is 11.6 Å². The summed E-state index contributed by atoms with van der Waals surface area (Å²) in [4.78, 5) is 2.40. The van der Waals surface area contributed by atoms with E-state index < -0.39 is 0 Å². The van der Waals surface area contributed by atoms with Gasteiger partial charge in [0.05, 0.1) is 6.20 Å². The molecule has 0 saturated carbocycles. The van der Waals surface area contributed by atoms with E-state index in [1.54, 1.807) is 10.7 Å². The van der Waals surface area contributed by atoms with Crippen LogP contribution >= 0.6 is 0 Å². The normalized spacial score (nSPS) is 15.0. The highest BCUT2D eigenvalue weighted by Crippen LogP contribution is 2.32. The molecule has 6 heteroatoms. The van der Waals surface area contributed by atoms with Gasteiger partial charge in [-0.05, 0) is 68.6 Å². The Balaban J connectivity index is 1.76. The van der Waals surface area contributed by atoms with Crippen molar-refractivity contribution in [3.05, 3.63) is 58.3 Å². The molecular weight excluding hydrogens is 365 g/mol. The Labute approximate surface area is 171 Å². The Hall–Kier alpha value is -2.73. The molecular formula is C23H28FN5. The Kier molecular flexibility index (Phi) is 5.37. The summed E-state index contributed by atoms with van der Waals surface area (Å²) in [6.07, 6.45) is 7.89. The van der Waals surface area contributed by atoms with E-state index in [0.29, 0.717) is 5.56 Å². The molecule has 0 unspecified atom stereocenters. The highest BCUT2D eigenvalue weighted by molar-refractivity contribution is 5.87. The van der Waals surface area contributed by atoms with Crippen molar-refractivity contribution in [2.75, 3.05) is 13.1 Å². The molecule has 0 aliphatic carbocycles. The second kappa shape index (κ2) is 7.95.